The van der Waals surface area contributed by atoms with E-state index in [1.807, 2.05) is 67.7 Å². The fourth-order valence-electron chi connectivity index (χ4n) is 2.54. The lowest BCUT2D eigenvalue weighted by atomic mass is 10.1. The molecule has 0 aliphatic carbocycles. The molecule has 0 aromatic heterocycles. The van der Waals surface area contributed by atoms with Crippen molar-refractivity contribution < 1.29 is 4.79 Å². The Hall–Kier alpha value is -2.26. The van der Waals surface area contributed by atoms with Gasteiger partial charge in [-0.2, -0.15) is 0 Å². The molecule has 0 atom stereocenters. The van der Waals surface area contributed by atoms with E-state index in [9.17, 15) is 4.79 Å². The van der Waals surface area contributed by atoms with Gasteiger partial charge in [-0.3, -0.25) is 4.90 Å². The lowest BCUT2D eigenvalue weighted by Gasteiger charge is -2.20. The van der Waals surface area contributed by atoms with Crippen LogP contribution < -0.4 is 0 Å². The highest BCUT2D eigenvalue weighted by Crippen LogP contribution is 2.27. The third-order valence-corrected chi connectivity index (χ3v) is 3.97. The molecule has 0 saturated carbocycles. The third kappa shape index (κ3) is 3.00. The van der Waals surface area contributed by atoms with Crippen LogP contribution in [0.5, 0.6) is 0 Å². The van der Waals surface area contributed by atoms with Crippen molar-refractivity contribution in [3.63, 3.8) is 0 Å². The molecule has 0 spiro atoms. The van der Waals surface area contributed by atoms with E-state index >= 15 is 0 Å². The van der Waals surface area contributed by atoms with Gasteiger partial charge < -0.3 is 4.90 Å². The Morgan fingerprint density at radius 3 is 2.50 bits per heavy atom. The SMILES string of the molecule is CN1CCN(/C(=C\c2ccccc2)c2cccc(Cl)c2)C1=O. The molecule has 3 nitrogen and oxygen atoms in total. The van der Waals surface area contributed by atoms with Gasteiger partial charge >= 0.3 is 6.03 Å². The number of hydrogen-bond donors (Lipinski definition) is 0. The molecule has 2 aromatic rings. The zero-order valence-electron chi connectivity index (χ0n) is 12.4. The van der Waals surface area contributed by atoms with Gasteiger partial charge in [-0.05, 0) is 29.3 Å². The maximum Gasteiger partial charge on any atom is 0.324 e. The summed E-state index contributed by atoms with van der Waals surface area (Å²) in [5.41, 5.74) is 2.88. The van der Waals surface area contributed by atoms with Crippen LogP contribution in [0.3, 0.4) is 0 Å². The van der Waals surface area contributed by atoms with E-state index in [1.165, 1.54) is 0 Å². The first kappa shape index (κ1) is 14.7. The summed E-state index contributed by atoms with van der Waals surface area (Å²) >= 11 is 6.12. The summed E-state index contributed by atoms with van der Waals surface area (Å²) in [5, 5.41) is 0.663. The minimum absolute atomic E-state index is 0.0159. The van der Waals surface area contributed by atoms with Gasteiger partial charge in [-0.1, -0.05) is 54.1 Å². The number of rotatable bonds is 3. The molecular formula is C18H17ClN2O. The van der Waals surface area contributed by atoms with Crippen LogP contribution in [-0.2, 0) is 0 Å². The minimum atomic E-state index is 0.0159. The fourth-order valence-corrected chi connectivity index (χ4v) is 2.73. The Morgan fingerprint density at radius 1 is 1.09 bits per heavy atom. The van der Waals surface area contributed by atoms with Crippen molar-refractivity contribution in [2.75, 3.05) is 20.1 Å². The number of halogens is 1. The van der Waals surface area contributed by atoms with Crippen molar-refractivity contribution >= 4 is 29.4 Å². The summed E-state index contributed by atoms with van der Waals surface area (Å²) in [6.07, 6.45) is 2.03. The number of hydrogen-bond acceptors (Lipinski definition) is 1. The number of carbonyl (C=O) groups is 1. The highest BCUT2D eigenvalue weighted by Gasteiger charge is 2.28. The van der Waals surface area contributed by atoms with Crippen LogP contribution in [0, 0.1) is 0 Å². The number of nitrogens with zero attached hydrogens (tertiary/aromatic N) is 2. The summed E-state index contributed by atoms with van der Waals surface area (Å²) in [6, 6.07) is 17.6. The first-order chi connectivity index (χ1) is 10.6. The second-order valence-corrected chi connectivity index (χ2v) is 5.74. The van der Waals surface area contributed by atoms with Crippen molar-refractivity contribution in [3.05, 3.63) is 70.7 Å². The third-order valence-electron chi connectivity index (χ3n) is 3.73. The highest BCUT2D eigenvalue weighted by atomic mass is 35.5. The van der Waals surface area contributed by atoms with Crippen LogP contribution in [0.4, 0.5) is 4.79 Å². The summed E-state index contributed by atoms with van der Waals surface area (Å²) in [6.45, 7) is 1.41. The molecule has 1 aliphatic heterocycles. The van der Waals surface area contributed by atoms with E-state index in [4.69, 9.17) is 11.6 Å². The van der Waals surface area contributed by atoms with Crippen molar-refractivity contribution in [1.29, 1.82) is 0 Å². The Morgan fingerprint density at radius 2 is 1.86 bits per heavy atom. The molecular weight excluding hydrogens is 296 g/mol. The Labute approximate surface area is 135 Å². The number of amides is 2. The monoisotopic (exact) mass is 312 g/mol. The van der Waals surface area contributed by atoms with E-state index in [2.05, 4.69) is 0 Å². The van der Waals surface area contributed by atoms with E-state index in [0.717, 1.165) is 23.4 Å². The molecule has 1 saturated heterocycles. The molecule has 22 heavy (non-hydrogen) atoms. The maximum atomic E-state index is 12.4. The molecule has 1 aliphatic rings. The largest absolute Gasteiger partial charge is 0.326 e. The van der Waals surface area contributed by atoms with Crippen LogP contribution in [0.25, 0.3) is 11.8 Å². The van der Waals surface area contributed by atoms with E-state index in [-0.39, 0.29) is 6.03 Å². The van der Waals surface area contributed by atoms with Gasteiger partial charge in [0.05, 0.1) is 5.70 Å². The van der Waals surface area contributed by atoms with E-state index in [1.54, 1.807) is 9.80 Å². The number of benzene rings is 2. The van der Waals surface area contributed by atoms with Gasteiger partial charge in [0, 0.05) is 25.2 Å². The summed E-state index contributed by atoms with van der Waals surface area (Å²) in [4.78, 5) is 15.9. The Kier molecular flexibility index (Phi) is 4.16. The Bertz CT molecular complexity index is 712. The van der Waals surface area contributed by atoms with Gasteiger partial charge in [0.25, 0.3) is 0 Å². The fraction of sp³-hybridized carbons (Fsp3) is 0.167. The molecule has 0 N–H and O–H groups in total. The normalized spacial score (nSPS) is 15.5. The molecule has 0 radical (unpaired) electrons. The predicted molar refractivity (Wildman–Crippen MR) is 90.5 cm³/mol. The first-order valence-corrected chi connectivity index (χ1v) is 7.58. The zero-order chi connectivity index (χ0) is 15.5. The lowest BCUT2D eigenvalue weighted by molar-refractivity contribution is 0.211. The maximum absolute atomic E-state index is 12.4. The van der Waals surface area contributed by atoms with Crippen LogP contribution in [-0.4, -0.2) is 36.0 Å². The van der Waals surface area contributed by atoms with Crippen molar-refractivity contribution in [3.8, 4) is 0 Å². The average molecular weight is 313 g/mol. The molecule has 2 aromatic carbocycles. The smallest absolute Gasteiger partial charge is 0.324 e. The summed E-state index contributed by atoms with van der Waals surface area (Å²) in [5.74, 6) is 0. The van der Waals surface area contributed by atoms with Gasteiger partial charge in [0.1, 0.15) is 0 Å². The quantitative estimate of drug-likeness (QED) is 0.779. The van der Waals surface area contributed by atoms with Gasteiger partial charge in [-0.25, -0.2) is 4.79 Å². The molecule has 0 unspecified atom stereocenters. The topological polar surface area (TPSA) is 23.6 Å². The summed E-state index contributed by atoms with van der Waals surface area (Å²) < 4.78 is 0. The molecule has 4 heteroatoms. The van der Waals surface area contributed by atoms with Crippen LogP contribution in [0.15, 0.2) is 54.6 Å². The van der Waals surface area contributed by atoms with Crippen molar-refractivity contribution in [1.82, 2.24) is 9.80 Å². The van der Waals surface area contributed by atoms with Gasteiger partial charge in [0.2, 0.25) is 0 Å². The zero-order valence-corrected chi connectivity index (χ0v) is 13.1. The standard InChI is InChI=1S/C18H17ClN2O/c1-20-10-11-21(18(20)22)17(12-14-6-3-2-4-7-14)15-8-5-9-16(19)13-15/h2-9,12-13H,10-11H2,1H3/b17-12-. The van der Waals surface area contributed by atoms with Crippen LogP contribution in [0.1, 0.15) is 11.1 Å². The first-order valence-electron chi connectivity index (χ1n) is 7.20. The lowest BCUT2D eigenvalue weighted by Crippen LogP contribution is -2.28. The second kappa shape index (κ2) is 6.24. The minimum Gasteiger partial charge on any atom is -0.326 e. The molecule has 3 rings (SSSR count). The Balaban J connectivity index is 2.07. The molecule has 2 amide bonds. The second-order valence-electron chi connectivity index (χ2n) is 5.31. The van der Waals surface area contributed by atoms with Crippen molar-refractivity contribution in [2.24, 2.45) is 0 Å². The highest BCUT2D eigenvalue weighted by molar-refractivity contribution is 6.30. The molecule has 1 fully saturated rings. The summed E-state index contributed by atoms with van der Waals surface area (Å²) in [7, 11) is 1.82. The molecule has 1 heterocycles. The number of carbonyl (C=O) groups excluding carboxylic acids is 1. The van der Waals surface area contributed by atoms with E-state index in [0.29, 0.717) is 11.6 Å². The van der Waals surface area contributed by atoms with E-state index < -0.39 is 0 Å². The van der Waals surface area contributed by atoms with Gasteiger partial charge in [-0.15, -0.1) is 0 Å². The number of likely N-dealkylation sites (N-methyl/N-ethyl adjacent to an activating group) is 1. The predicted octanol–water partition coefficient (Wildman–Crippen LogP) is 4.21. The molecule has 112 valence electrons. The van der Waals surface area contributed by atoms with Gasteiger partial charge in [0.15, 0.2) is 0 Å². The van der Waals surface area contributed by atoms with Crippen LogP contribution in [0.2, 0.25) is 5.02 Å². The van der Waals surface area contributed by atoms with Crippen LogP contribution >= 0.6 is 11.6 Å². The van der Waals surface area contributed by atoms with Crippen molar-refractivity contribution in [2.45, 2.75) is 0 Å². The number of urea groups is 1. The molecule has 0 bridgehead atoms. The average Bonchev–Trinajstić information content (AvgIpc) is 2.86.